The lowest BCUT2D eigenvalue weighted by molar-refractivity contribution is -0.120. The number of nitrogens with one attached hydrogen (secondary N) is 2. The summed E-state index contributed by atoms with van der Waals surface area (Å²) in [5.74, 6) is -0.895. The molecule has 0 atom stereocenters. The van der Waals surface area contributed by atoms with E-state index in [4.69, 9.17) is 4.74 Å². The smallest absolute Gasteiger partial charge is 0.337 e. The molecule has 43 heavy (non-hydrogen) atoms. The Kier molecular flexibility index (Phi) is 9.13. The number of carbonyl (C=O) groups excluding carboxylic acids is 3. The second kappa shape index (κ2) is 13.1. The van der Waals surface area contributed by atoms with Gasteiger partial charge in [0.05, 0.1) is 42.7 Å². The van der Waals surface area contributed by atoms with Gasteiger partial charge in [0.25, 0.3) is 12.3 Å². The molecule has 0 spiro atoms. The number of benzene rings is 3. The van der Waals surface area contributed by atoms with Gasteiger partial charge in [-0.15, -0.1) is 0 Å². The molecule has 9 nitrogen and oxygen atoms in total. The molecule has 2 heterocycles. The maximum atomic E-state index is 13.2. The molecule has 1 fully saturated rings. The van der Waals surface area contributed by atoms with Crippen LogP contribution in [0.5, 0.6) is 0 Å². The number of alkyl halides is 2. The van der Waals surface area contributed by atoms with E-state index < -0.39 is 12.4 Å². The molecule has 5 rings (SSSR count). The maximum absolute atomic E-state index is 13.2. The van der Waals surface area contributed by atoms with Crippen LogP contribution in [0.1, 0.15) is 21.5 Å². The lowest BCUT2D eigenvalue weighted by atomic mass is 9.99. The summed E-state index contributed by atoms with van der Waals surface area (Å²) < 4.78 is 30.1. The van der Waals surface area contributed by atoms with Crippen molar-refractivity contribution in [1.29, 1.82) is 0 Å². The van der Waals surface area contributed by atoms with Crippen molar-refractivity contribution in [3.63, 3.8) is 0 Å². The largest absolute Gasteiger partial charge is 0.465 e. The summed E-state index contributed by atoms with van der Waals surface area (Å²) >= 11 is 0. The van der Waals surface area contributed by atoms with Crippen molar-refractivity contribution in [3.05, 3.63) is 89.5 Å². The Balaban J connectivity index is 1.33. The number of carbonyl (C=O) groups is 3. The van der Waals surface area contributed by atoms with Gasteiger partial charge in [0.15, 0.2) is 0 Å². The Morgan fingerprint density at radius 1 is 0.953 bits per heavy atom. The van der Waals surface area contributed by atoms with Gasteiger partial charge < -0.3 is 20.3 Å². The fourth-order valence-electron chi connectivity index (χ4n) is 5.23. The molecule has 1 saturated heterocycles. The van der Waals surface area contributed by atoms with Crippen LogP contribution < -0.4 is 15.5 Å². The molecule has 2 aliphatic heterocycles. The highest BCUT2D eigenvalue weighted by Gasteiger charge is 2.29. The fraction of sp³-hybridized carbons (Fsp3) is 0.281. The quantitative estimate of drug-likeness (QED) is 0.285. The summed E-state index contributed by atoms with van der Waals surface area (Å²) in [4.78, 5) is 43.5. The zero-order chi connectivity index (χ0) is 30.5. The molecule has 3 aromatic rings. The Morgan fingerprint density at radius 2 is 1.63 bits per heavy atom. The zero-order valence-electron chi connectivity index (χ0n) is 24.0. The Labute approximate surface area is 248 Å². The van der Waals surface area contributed by atoms with E-state index in [0.717, 1.165) is 5.56 Å². The molecule has 0 aliphatic carbocycles. The number of halogens is 2. The van der Waals surface area contributed by atoms with Crippen LogP contribution >= 0.6 is 0 Å². The Bertz CT molecular complexity index is 1520. The number of likely N-dealkylation sites (N-methyl/N-ethyl adjacent to an activating group) is 1. The molecule has 2 amide bonds. The minimum Gasteiger partial charge on any atom is -0.465 e. The highest BCUT2D eigenvalue weighted by Crippen LogP contribution is 2.38. The predicted octanol–water partition coefficient (Wildman–Crippen LogP) is 4.25. The van der Waals surface area contributed by atoms with E-state index in [2.05, 4.69) is 10.6 Å². The van der Waals surface area contributed by atoms with Crippen LogP contribution in [0.3, 0.4) is 0 Å². The van der Waals surface area contributed by atoms with Gasteiger partial charge in [-0.1, -0.05) is 36.4 Å². The number of methoxy groups -OCH3 is 1. The van der Waals surface area contributed by atoms with Crippen molar-refractivity contribution in [2.24, 2.45) is 0 Å². The van der Waals surface area contributed by atoms with Gasteiger partial charge in [0.2, 0.25) is 5.91 Å². The van der Waals surface area contributed by atoms with Crippen molar-refractivity contribution >= 4 is 46.1 Å². The number of ether oxygens (including phenoxy) is 1. The third-order valence-corrected chi connectivity index (χ3v) is 7.62. The van der Waals surface area contributed by atoms with Gasteiger partial charge >= 0.3 is 5.97 Å². The summed E-state index contributed by atoms with van der Waals surface area (Å²) in [6.45, 7) is 2.11. The first-order valence-electron chi connectivity index (χ1n) is 13.9. The van der Waals surface area contributed by atoms with E-state index in [1.165, 1.54) is 7.11 Å². The van der Waals surface area contributed by atoms with E-state index in [9.17, 15) is 23.2 Å². The van der Waals surface area contributed by atoms with Crippen LogP contribution in [-0.2, 0) is 14.3 Å². The Morgan fingerprint density at radius 3 is 2.28 bits per heavy atom. The molecule has 224 valence electrons. The molecule has 0 unspecified atom stereocenters. The van der Waals surface area contributed by atoms with Crippen LogP contribution in [0.2, 0.25) is 0 Å². The topological polar surface area (TPSA) is 94.2 Å². The fourth-order valence-corrected chi connectivity index (χ4v) is 5.23. The monoisotopic (exact) mass is 589 g/mol. The van der Waals surface area contributed by atoms with E-state index in [0.29, 0.717) is 65.6 Å². The number of hydrogen-bond acceptors (Lipinski definition) is 7. The normalized spacial score (nSPS) is 16.4. The Hall–Kier alpha value is -4.61. The van der Waals surface area contributed by atoms with Crippen LogP contribution in [0.25, 0.3) is 11.3 Å². The number of fused-ring (bicyclic) bond motifs is 1. The summed E-state index contributed by atoms with van der Waals surface area (Å²) in [6.07, 6.45) is -2.36. The number of esters is 1. The summed E-state index contributed by atoms with van der Waals surface area (Å²) in [6, 6.07) is 21.7. The first-order valence-corrected chi connectivity index (χ1v) is 13.9. The number of anilines is 3. The first-order chi connectivity index (χ1) is 20.7. The number of piperazine rings is 1. The highest BCUT2D eigenvalue weighted by molar-refractivity contribution is 6.37. The van der Waals surface area contributed by atoms with Crippen molar-refractivity contribution in [1.82, 2.24) is 9.80 Å². The van der Waals surface area contributed by atoms with Crippen molar-refractivity contribution in [3.8, 4) is 0 Å². The van der Waals surface area contributed by atoms with Gasteiger partial charge in [0, 0.05) is 50.2 Å². The second-order valence-corrected chi connectivity index (χ2v) is 10.4. The number of nitrogens with zero attached hydrogens (tertiary/aromatic N) is 3. The number of rotatable bonds is 9. The minimum atomic E-state index is -2.36. The predicted molar refractivity (Wildman–Crippen MR) is 162 cm³/mol. The maximum Gasteiger partial charge on any atom is 0.337 e. The standard InChI is InChI=1S/C32H33F2N5O4/c1-37(28(40)20-39-16-14-38(15-17-39)19-27(33)34)24-11-9-23(10-12-24)35-30(21-6-4-3-5-7-21)29-25-13-8-22(32(42)43-2)18-26(25)36-31(29)41/h3-13,18,27,35H,14-17,19-20H2,1-2H3,(H,36,41)/b30-29-. The van der Waals surface area contributed by atoms with Gasteiger partial charge in [0.1, 0.15) is 0 Å². The van der Waals surface area contributed by atoms with Crippen LogP contribution in [0.15, 0.2) is 72.8 Å². The number of hydrogen-bond donors (Lipinski definition) is 2. The van der Waals surface area contributed by atoms with E-state index in [1.54, 1.807) is 35.0 Å². The molecule has 11 heteroatoms. The minimum absolute atomic E-state index is 0.0966. The molecule has 0 radical (unpaired) electrons. The lowest BCUT2D eigenvalue weighted by Gasteiger charge is -2.34. The van der Waals surface area contributed by atoms with Gasteiger partial charge in [-0.3, -0.25) is 19.4 Å². The molecule has 0 aromatic heterocycles. The molecule has 2 N–H and O–H groups in total. The van der Waals surface area contributed by atoms with Crippen LogP contribution in [-0.4, -0.2) is 87.4 Å². The SMILES string of the molecule is COC(=O)c1ccc2c(c1)NC(=O)/C2=C(\Nc1ccc(N(C)C(=O)CN2CCN(CC(F)F)CC2)cc1)c1ccccc1. The number of amides is 2. The summed E-state index contributed by atoms with van der Waals surface area (Å²) in [5, 5.41) is 6.25. The summed E-state index contributed by atoms with van der Waals surface area (Å²) in [5.41, 5.74) is 4.72. The molecule has 3 aromatic carbocycles. The molecular weight excluding hydrogens is 556 g/mol. The second-order valence-electron chi connectivity index (χ2n) is 10.4. The van der Waals surface area contributed by atoms with E-state index in [1.807, 2.05) is 59.5 Å². The molecular formula is C32H33F2N5O4. The third-order valence-electron chi connectivity index (χ3n) is 7.62. The summed E-state index contributed by atoms with van der Waals surface area (Å²) in [7, 11) is 3.01. The average molecular weight is 590 g/mol. The molecule has 2 aliphatic rings. The van der Waals surface area contributed by atoms with Crippen molar-refractivity contribution < 1.29 is 27.9 Å². The van der Waals surface area contributed by atoms with E-state index in [-0.39, 0.29) is 24.9 Å². The van der Waals surface area contributed by atoms with Gasteiger partial charge in [-0.25, -0.2) is 13.6 Å². The van der Waals surface area contributed by atoms with Crippen molar-refractivity contribution in [2.75, 3.05) is 69.0 Å². The average Bonchev–Trinajstić information content (AvgIpc) is 3.35. The molecule has 0 saturated carbocycles. The van der Waals surface area contributed by atoms with Crippen LogP contribution in [0.4, 0.5) is 25.8 Å². The molecule has 0 bridgehead atoms. The zero-order valence-corrected chi connectivity index (χ0v) is 24.0. The first kappa shape index (κ1) is 29.9. The van der Waals surface area contributed by atoms with Crippen LogP contribution in [0, 0.1) is 0 Å². The van der Waals surface area contributed by atoms with Crippen molar-refractivity contribution in [2.45, 2.75) is 6.43 Å². The van der Waals surface area contributed by atoms with Gasteiger partial charge in [-0.2, -0.15) is 0 Å². The third kappa shape index (κ3) is 6.90. The van der Waals surface area contributed by atoms with Gasteiger partial charge in [-0.05, 0) is 42.0 Å². The highest BCUT2D eigenvalue weighted by atomic mass is 19.3. The van der Waals surface area contributed by atoms with E-state index >= 15 is 0 Å². The lowest BCUT2D eigenvalue weighted by Crippen LogP contribution is -2.50.